The van der Waals surface area contributed by atoms with Crippen molar-refractivity contribution in [1.29, 1.82) is 0 Å². The van der Waals surface area contributed by atoms with Crippen LogP contribution < -0.4 is 10.8 Å². The SMILES string of the molecule is CC(C)(C)OC(=O)NC(Cc1ccc(B2OC(C)(C)C(C)(C)O2)cc1F)C(=O)O. The number of alkyl carbamates (subject to hydrolysis) is 1. The summed E-state index contributed by atoms with van der Waals surface area (Å²) in [5.74, 6) is -1.89. The molecule has 1 fully saturated rings. The van der Waals surface area contributed by atoms with Crippen LogP contribution in [0.15, 0.2) is 18.2 Å². The van der Waals surface area contributed by atoms with Crippen LogP contribution in [0.25, 0.3) is 0 Å². The van der Waals surface area contributed by atoms with Crippen LogP contribution in [0.1, 0.15) is 54.0 Å². The van der Waals surface area contributed by atoms with Gasteiger partial charge in [-0.3, -0.25) is 0 Å². The second-order valence-electron chi connectivity index (χ2n) is 9.18. The minimum atomic E-state index is -1.33. The number of carboxylic acids is 1. The number of carbonyl (C=O) groups excluding carboxylic acids is 1. The fourth-order valence-corrected chi connectivity index (χ4v) is 2.72. The molecular weight excluding hydrogens is 380 g/mol. The Hall–Kier alpha value is -2.13. The van der Waals surface area contributed by atoms with Crippen molar-refractivity contribution in [3.63, 3.8) is 0 Å². The number of rotatable bonds is 5. The molecule has 7 nitrogen and oxygen atoms in total. The van der Waals surface area contributed by atoms with E-state index in [0.717, 1.165) is 0 Å². The summed E-state index contributed by atoms with van der Waals surface area (Å²) in [6, 6.07) is 3.04. The van der Waals surface area contributed by atoms with E-state index < -0.39 is 47.8 Å². The Kier molecular flexibility index (Phi) is 6.35. The maximum absolute atomic E-state index is 14.7. The summed E-state index contributed by atoms with van der Waals surface area (Å²) in [6.45, 7) is 12.6. The summed E-state index contributed by atoms with van der Waals surface area (Å²) in [5.41, 5.74) is -1.24. The van der Waals surface area contributed by atoms with Crippen LogP contribution in [0.2, 0.25) is 0 Å². The van der Waals surface area contributed by atoms with Crippen LogP contribution in [0.5, 0.6) is 0 Å². The first-order valence-electron chi connectivity index (χ1n) is 9.47. The number of carboxylic acid groups (broad SMARTS) is 1. The smallest absolute Gasteiger partial charge is 0.480 e. The van der Waals surface area contributed by atoms with E-state index in [1.54, 1.807) is 26.8 Å². The number of nitrogens with one attached hydrogen (secondary N) is 1. The van der Waals surface area contributed by atoms with Crippen LogP contribution in [0.4, 0.5) is 9.18 Å². The van der Waals surface area contributed by atoms with Crippen molar-refractivity contribution in [2.24, 2.45) is 0 Å². The third-order valence-electron chi connectivity index (χ3n) is 5.02. The van der Waals surface area contributed by atoms with E-state index in [9.17, 15) is 19.1 Å². The summed E-state index contributed by atoms with van der Waals surface area (Å²) in [4.78, 5) is 23.4. The van der Waals surface area contributed by atoms with E-state index in [4.69, 9.17) is 14.0 Å². The molecule has 29 heavy (non-hydrogen) atoms. The predicted molar refractivity (Wildman–Crippen MR) is 107 cm³/mol. The van der Waals surface area contributed by atoms with Crippen molar-refractivity contribution < 1.29 is 33.1 Å². The van der Waals surface area contributed by atoms with Crippen LogP contribution in [0.3, 0.4) is 0 Å². The molecule has 1 aliphatic rings. The topological polar surface area (TPSA) is 94.1 Å². The van der Waals surface area contributed by atoms with Crippen molar-refractivity contribution in [3.8, 4) is 0 Å². The number of hydrogen-bond donors (Lipinski definition) is 2. The van der Waals surface area contributed by atoms with Gasteiger partial charge in [0.15, 0.2) is 0 Å². The van der Waals surface area contributed by atoms with Crippen molar-refractivity contribution >= 4 is 24.6 Å². The summed E-state index contributed by atoms with van der Waals surface area (Å²) in [7, 11) is -0.723. The van der Waals surface area contributed by atoms with Gasteiger partial charge in [0, 0.05) is 6.42 Å². The van der Waals surface area contributed by atoms with E-state index in [-0.39, 0.29) is 12.0 Å². The van der Waals surface area contributed by atoms with Gasteiger partial charge in [0.1, 0.15) is 17.5 Å². The molecule has 0 saturated carbocycles. The van der Waals surface area contributed by atoms with Crippen LogP contribution >= 0.6 is 0 Å². The number of benzene rings is 1. The summed E-state index contributed by atoms with van der Waals surface area (Å²) < 4.78 is 31.6. The average Bonchev–Trinajstić information content (AvgIpc) is 2.74. The number of halogens is 1. The lowest BCUT2D eigenvalue weighted by Crippen LogP contribution is -2.45. The normalized spacial score (nSPS) is 19.0. The average molecular weight is 409 g/mol. The second-order valence-corrected chi connectivity index (χ2v) is 9.18. The lowest BCUT2D eigenvalue weighted by atomic mass is 9.78. The van der Waals surface area contributed by atoms with E-state index in [0.29, 0.717) is 5.46 Å². The van der Waals surface area contributed by atoms with Crippen LogP contribution in [0, 0.1) is 5.82 Å². The molecule has 9 heteroatoms. The molecule has 160 valence electrons. The Morgan fingerprint density at radius 3 is 2.21 bits per heavy atom. The molecule has 1 aliphatic heterocycles. The quantitative estimate of drug-likeness (QED) is 0.727. The summed E-state index contributed by atoms with van der Waals surface area (Å²) in [5, 5.41) is 11.6. The fourth-order valence-electron chi connectivity index (χ4n) is 2.72. The van der Waals surface area contributed by atoms with E-state index >= 15 is 0 Å². The summed E-state index contributed by atoms with van der Waals surface area (Å²) >= 11 is 0. The first kappa shape index (κ1) is 23.2. The van der Waals surface area contributed by atoms with Gasteiger partial charge < -0.3 is 24.5 Å². The maximum Gasteiger partial charge on any atom is 0.494 e. The van der Waals surface area contributed by atoms with Gasteiger partial charge in [-0.2, -0.15) is 0 Å². The molecule has 1 aromatic rings. The highest BCUT2D eigenvalue weighted by Crippen LogP contribution is 2.36. The Bertz CT molecular complexity index is 774. The molecule has 1 atom stereocenters. The molecule has 1 heterocycles. The highest BCUT2D eigenvalue weighted by Gasteiger charge is 2.51. The number of ether oxygens (including phenoxy) is 1. The highest BCUT2D eigenvalue weighted by atomic mass is 19.1. The second kappa shape index (κ2) is 7.95. The molecule has 1 amide bonds. The van der Waals surface area contributed by atoms with E-state index in [2.05, 4.69) is 5.32 Å². The molecule has 0 spiro atoms. The number of carbonyl (C=O) groups is 2. The van der Waals surface area contributed by atoms with Gasteiger partial charge in [-0.25, -0.2) is 14.0 Å². The van der Waals surface area contributed by atoms with Crippen molar-refractivity contribution in [3.05, 3.63) is 29.6 Å². The van der Waals surface area contributed by atoms with Crippen molar-refractivity contribution in [1.82, 2.24) is 5.32 Å². The van der Waals surface area contributed by atoms with Gasteiger partial charge in [-0.05, 0) is 65.6 Å². The molecule has 0 aromatic heterocycles. The van der Waals surface area contributed by atoms with Gasteiger partial charge in [-0.15, -0.1) is 0 Å². The molecule has 0 aliphatic carbocycles. The summed E-state index contributed by atoms with van der Waals surface area (Å²) in [6.07, 6.45) is -1.11. The Morgan fingerprint density at radius 1 is 1.21 bits per heavy atom. The first-order chi connectivity index (χ1) is 13.1. The number of amides is 1. The number of hydrogen-bond acceptors (Lipinski definition) is 5. The third-order valence-corrected chi connectivity index (χ3v) is 5.02. The maximum atomic E-state index is 14.7. The lowest BCUT2D eigenvalue weighted by molar-refractivity contribution is -0.139. The molecule has 1 unspecified atom stereocenters. The van der Waals surface area contributed by atoms with Crippen molar-refractivity contribution in [2.45, 2.75) is 77.7 Å². The third kappa shape index (κ3) is 5.70. The Labute approximate surface area is 171 Å². The molecule has 2 rings (SSSR count). The standard InChI is InChI=1S/C20H29BFNO6/c1-18(2,3)27-17(26)23-15(16(24)25)10-12-8-9-13(11-14(12)22)21-28-19(4,5)20(6,7)29-21/h8-9,11,15H,10H2,1-7H3,(H,23,26)(H,24,25). The first-order valence-corrected chi connectivity index (χ1v) is 9.47. The lowest BCUT2D eigenvalue weighted by Gasteiger charge is -2.32. The molecular formula is C20H29BFNO6. The highest BCUT2D eigenvalue weighted by molar-refractivity contribution is 6.62. The van der Waals surface area contributed by atoms with E-state index in [1.165, 1.54) is 12.1 Å². The zero-order valence-corrected chi connectivity index (χ0v) is 18.0. The number of aliphatic carboxylic acids is 1. The van der Waals surface area contributed by atoms with Crippen LogP contribution in [-0.2, 0) is 25.3 Å². The predicted octanol–water partition coefficient (Wildman–Crippen LogP) is 2.65. The van der Waals surface area contributed by atoms with Gasteiger partial charge >= 0.3 is 19.2 Å². The molecule has 1 aromatic carbocycles. The molecule has 0 radical (unpaired) electrons. The van der Waals surface area contributed by atoms with Crippen molar-refractivity contribution in [2.75, 3.05) is 0 Å². The van der Waals surface area contributed by atoms with Gasteiger partial charge in [0.2, 0.25) is 0 Å². The Balaban J connectivity index is 2.13. The minimum Gasteiger partial charge on any atom is -0.480 e. The van der Waals surface area contributed by atoms with Gasteiger partial charge in [0.05, 0.1) is 11.2 Å². The monoisotopic (exact) mass is 409 g/mol. The zero-order chi connectivity index (χ0) is 22.2. The van der Waals surface area contributed by atoms with Gasteiger partial charge in [0.25, 0.3) is 0 Å². The fraction of sp³-hybridized carbons (Fsp3) is 0.600. The van der Waals surface area contributed by atoms with E-state index in [1.807, 2.05) is 27.7 Å². The Morgan fingerprint density at radius 2 is 1.76 bits per heavy atom. The zero-order valence-electron chi connectivity index (χ0n) is 18.0. The largest absolute Gasteiger partial charge is 0.494 e. The van der Waals surface area contributed by atoms with Gasteiger partial charge in [-0.1, -0.05) is 12.1 Å². The molecule has 2 N–H and O–H groups in total. The minimum absolute atomic E-state index is 0.147. The molecule has 1 saturated heterocycles. The van der Waals surface area contributed by atoms with Crippen LogP contribution in [-0.4, -0.2) is 47.1 Å². The molecule has 0 bridgehead atoms.